The minimum atomic E-state index is 0.332. The average molecular weight is 273 g/mol. The third-order valence-electron chi connectivity index (χ3n) is 3.75. The van der Waals surface area contributed by atoms with Gasteiger partial charge in [0.2, 0.25) is 5.95 Å². The van der Waals surface area contributed by atoms with Crippen LogP contribution in [0.15, 0.2) is 6.07 Å². The molecule has 1 saturated heterocycles. The van der Waals surface area contributed by atoms with Crippen LogP contribution in [0.25, 0.3) is 0 Å². The highest BCUT2D eigenvalue weighted by molar-refractivity contribution is 5.37. The van der Waals surface area contributed by atoms with Crippen molar-refractivity contribution >= 4 is 5.95 Å². The van der Waals surface area contributed by atoms with Crippen LogP contribution in [0.5, 0.6) is 0 Å². The van der Waals surface area contributed by atoms with Gasteiger partial charge in [0.15, 0.2) is 0 Å². The fourth-order valence-electron chi connectivity index (χ4n) is 2.60. The first-order chi connectivity index (χ1) is 9.60. The van der Waals surface area contributed by atoms with Crippen molar-refractivity contribution in [3.63, 3.8) is 0 Å². The third-order valence-corrected chi connectivity index (χ3v) is 3.75. The molecule has 2 heterocycles. The van der Waals surface area contributed by atoms with Crippen LogP contribution in [0.2, 0.25) is 0 Å². The average Bonchev–Trinajstić information content (AvgIpc) is 2.44. The number of aromatic nitrogens is 2. The highest BCUT2D eigenvalue weighted by atomic mass is 15.3. The number of hydrogen-bond donors (Lipinski definition) is 1. The fourth-order valence-corrected chi connectivity index (χ4v) is 2.60. The monoisotopic (exact) mass is 273 g/mol. The molecule has 5 nitrogen and oxygen atoms in total. The summed E-state index contributed by atoms with van der Waals surface area (Å²) in [6, 6.07) is 4.18. The van der Waals surface area contributed by atoms with Gasteiger partial charge in [0.25, 0.3) is 0 Å². The number of nitrogens with zero attached hydrogens (tertiary/aromatic N) is 4. The third kappa shape index (κ3) is 3.67. The Morgan fingerprint density at radius 1 is 1.40 bits per heavy atom. The van der Waals surface area contributed by atoms with Crippen LogP contribution < -0.4 is 10.2 Å². The lowest BCUT2D eigenvalue weighted by Gasteiger charge is -2.33. The number of nitriles is 1. The van der Waals surface area contributed by atoms with Crippen molar-refractivity contribution in [2.75, 3.05) is 24.5 Å². The molecule has 1 fully saturated rings. The van der Waals surface area contributed by atoms with E-state index in [1.54, 1.807) is 6.07 Å². The fraction of sp³-hybridized carbons (Fsp3) is 0.667. The van der Waals surface area contributed by atoms with Gasteiger partial charge in [-0.25, -0.2) is 9.97 Å². The van der Waals surface area contributed by atoms with E-state index in [0.717, 1.165) is 25.3 Å². The standard InChI is InChI=1S/C15H23N5/c1-11(2)20(10-13-4-6-17-7-5-13)15-18-12(3)8-14(9-16)19-15/h8,11,13,17H,4-7,10H2,1-3H3. The minimum absolute atomic E-state index is 0.332. The smallest absolute Gasteiger partial charge is 0.227 e. The van der Waals surface area contributed by atoms with Crippen LogP contribution in [0.1, 0.15) is 38.1 Å². The molecule has 0 bridgehead atoms. The zero-order valence-corrected chi connectivity index (χ0v) is 12.6. The summed E-state index contributed by atoms with van der Waals surface area (Å²) in [7, 11) is 0. The van der Waals surface area contributed by atoms with E-state index in [1.165, 1.54) is 12.8 Å². The Bertz CT molecular complexity index is 486. The van der Waals surface area contributed by atoms with Crippen molar-refractivity contribution in [2.24, 2.45) is 5.92 Å². The molecule has 0 amide bonds. The molecule has 20 heavy (non-hydrogen) atoms. The Morgan fingerprint density at radius 3 is 2.70 bits per heavy atom. The molecule has 0 atom stereocenters. The SMILES string of the molecule is Cc1cc(C#N)nc(N(CC2CCNCC2)C(C)C)n1. The molecule has 0 saturated carbocycles. The molecule has 0 aromatic carbocycles. The predicted octanol–water partition coefficient (Wildman–Crippen LogP) is 1.87. The Morgan fingerprint density at radius 2 is 2.10 bits per heavy atom. The van der Waals surface area contributed by atoms with Gasteiger partial charge >= 0.3 is 0 Å². The highest BCUT2D eigenvalue weighted by Crippen LogP contribution is 2.19. The largest absolute Gasteiger partial charge is 0.338 e. The molecule has 1 aromatic heterocycles. The lowest BCUT2D eigenvalue weighted by Crippen LogP contribution is -2.40. The van der Waals surface area contributed by atoms with Gasteiger partial charge < -0.3 is 10.2 Å². The van der Waals surface area contributed by atoms with Gasteiger partial charge in [-0.1, -0.05) is 0 Å². The van der Waals surface area contributed by atoms with Crippen LogP contribution in [0.4, 0.5) is 5.95 Å². The topological polar surface area (TPSA) is 64.8 Å². The van der Waals surface area contributed by atoms with Gasteiger partial charge in [-0.2, -0.15) is 5.26 Å². The first kappa shape index (κ1) is 14.7. The highest BCUT2D eigenvalue weighted by Gasteiger charge is 2.21. The van der Waals surface area contributed by atoms with Gasteiger partial charge in [-0.15, -0.1) is 0 Å². The van der Waals surface area contributed by atoms with Crippen LogP contribution in [-0.2, 0) is 0 Å². The molecule has 0 aliphatic carbocycles. The summed E-state index contributed by atoms with van der Waals surface area (Å²) >= 11 is 0. The van der Waals surface area contributed by atoms with Crippen molar-refractivity contribution in [1.82, 2.24) is 15.3 Å². The molecule has 0 spiro atoms. The van der Waals surface area contributed by atoms with Crippen LogP contribution in [0, 0.1) is 24.2 Å². The van der Waals surface area contributed by atoms with Crippen molar-refractivity contribution in [3.8, 4) is 6.07 Å². The minimum Gasteiger partial charge on any atom is -0.338 e. The summed E-state index contributed by atoms with van der Waals surface area (Å²) in [6.07, 6.45) is 2.39. The van der Waals surface area contributed by atoms with E-state index in [9.17, 15) is 0 Å². The Labute approximate surface area is 121 Å². The van der Waals surface area contributed by atoms with Crippen molar-refractivity contribution in [1.29, 1.82) is 5.26 Å². The molecular weight excluding hydrogens is 250 g/mol. The summed E-state index contributed by atoms with van der Waals surface area (Å²) in [5, 5.41) is 12.5. The molecule has 1 N–H and O–H groups in total. The van der Waals surface area contributed by atoms with Crippen molar-refractivity contribution < 1.29 is 0 Å². The summed E-state index contributed by atoms with van der Waals surface area (Å²) in [5.41, 5.74) is 1.30. The second-order valence-electron chi connectivity index (χ2n) is 5.75. The van der Waals surface area contributed by atoms with E-state index in [2.05, 4.69) is 40.1 Å². The summed E-state index contributed by atoms with van der Waals surface area (Å²) in [5.74, 6) is 1.36. The zero-order valence-electron chi connectivity index (χ0n) is 12.6. The van der Waals surface area contributed by atoms with E-state index < -0.39 is 0 Å². The van der Waals surface area contributed by atoms with Crippen LogP contribution >= 0.6 is 0 Å². The lowest BCUT2D eigenvalue weighted by atomic mass is 9.97. The number of piperidine rings is 1. The first-order valence-electron chi connectivity index (χ1n) is 7.33. The summed E-state index contributed by atoms with van der Waals surface area (Å²) in [4.78, 5) is 11.1. The molecule has 5 heteroatoms. The molecule has 0 radical (unpaired) electrons. The summed E-state index contributed by atoms with van der Waals surface area (Å²) < 4.78 is 0. The van der Waals surface area contributed by atoms with E-state index >= 15 is 0 Å². The van der Waals surface area contributed by atoms with Gasteiger partial charge in [0, 0.05) is 18.3 Å². The van der Waals surface area contributed by atoms with E-state index in [0.29, 0.717) is 23.6 Å². The predicted molar refractivity (Wildman–Crippen MR) is 79.6 cm³/mol. The van der Waals surface area contributed by atoms with Gasteiger partial charge in [0.1, 0.15) is 11.8 Å². The molecule has 1 aliphatic rings. The number of anilines is 1. The quantitative estimate of drug-likeness (QED) is 0.907. The maximum Gasteiger partial charge on any atom is 0.227 e. The number of hydrogen-bond acceptors (Lipinski definition) is 5. The summed E-state index contributed by atoms with van der Waals surface area (Å²) in [6.45, 7) is 9.36. The maximum absolute atomic E-state index is 9.06. The van der Waals surface area contributed by atoms with E-state index in [-0.39, 0.29) is 0 Å². The van der Waals surface area contributed by atoms with E-state index in [1.807, 2.05) is 6.92 Å². The Balaban J connectivity index is 2.19. The van der Waals surface area contributed by atoms with Crippen LogP contribution in [0.3, 0.4) is 0 Å². The normalized spacial score (nSPS) is 16.1. The second kappa shape index (κ2) is 6.67. The molecule has 108 valence electrons. The molecule has 1 aromatic rings. The number of rotatable bonds is 4. The number of nitrogens with one attached hydrogen (secondary N) is 1. The molecule has 1 aliphatic heterocycles. The molecule has 2 rings (SSSR count). The van der Waals surface area contributed by atoms with Gasteiger partial charge in [-0.05, 0) is 58.7 Å². The van der Waals surface area contributed by atoms with Crippen molar-refractivity contribution in [2.45, 2.75) is 39.7 Å². The van der Waals surface area contributed by atoms with Gasteiger partial charge in [0.05, 0.1) is 0 Å². The Kier molecular flexibility index (Phi) is 4.91. The number of aryl methyl sites for hydroxylation is 1. The second-order valence-corrected chi connectivity index (χ2v) is 5.75. The Hall–Kier alpha value is -1.67. The maximum atomic E-state index is 9.06. The first-order valence-corrected chi connectivity index (χ1v) is 7.33. The molecule has 0 unspecified atom stereocenters. The van der Waals surface area contributed by atoms with Crippen LogP contribution in [-0.4, -0.2) is 35.6 Å². The van der Waals surface area contributed by atoms with Gasteiger partial charge in [-0.3, -0.25) is 0 Å². The lowest BCUT2D eigenvalue weighted by molar-refractivity contribution is 0.366. The molecular formula is C15H23N5. The van der Waals surface area contributed by atoms with E-state index in [4.69, 9.17) is 5.26 Å². The van der Waals surface area contributed by atoms with Crippen molar-refractivity contribution in [3.05, 3.63) is 17.5 Å². The zero-order chi connectivity index (χ0) is 14.5.